The van der Waals surface area contributed by atoms with Crippen molar-refractivity contribution in [2.24, 2.45) is 0 Å². The third-order valence-corrected chi connectivity index (χ3v) is 5.30. The number of amides is 2. The summed E-state index contributed by atoms with van der Waals surface area (Å²) in [6, 6.07) is 15.3. The molecular weight excluding hydrogens is 366 g/mol. The van der Waals surface area contributed by atoms with Crippen LogP contribution in [0.25, 0.3) is 0 Å². The van der Waals surface area contributed by atoms with Gasteiger partial charge in [0.1, 0.15) is 0 Å². The standard InChI is InChI=1S/C19H23N3O4S/c1-15-8-10-16(11-9-15)21-18(23)14-22(2)19(24)12-13-20-27(25,26)17-6-4-3-5-7-17/h3-11,20H,12-14H2,1-2H3,(H,21,23). The Kier molecular flexibility index (Phi) is 7.09. The Morgan fingerprint density at radius 2 is 1.63 bits per heavy atom. The van der Waals surface area contributed by atoms with Crippen LogP contribution >= 0.6 is 0 Å². The molecule has 0 saturated heterocycles. The van der Waals surface area contributed by atoms with Crippen LogP contribution in [0.3, 0.4) is 0 Å². The maximum absolute atomic E-state index is 12.1. The molecular formula is C19H23N3O4S. The van der Waals surface area contributed by atoms with Crippen LogP contribution < -0.4 is 10.0 Å². The van der Waals surface area contributed by atoms with Crippen molar-refractivity contribution in [3.63, 3.8) is 0 Å². The molecule has 0 spiro atoms. The van der Waals surface area contributed by atoms with Crippen molar-refractivity contribution in [2.75, 3.05) is 25.5 Å². The number of hydrogen-bond acceptors (Lipinski definition) is 4. The van der Waals surface area contributed by atoms with Crippen molar-refractivity contribution in [1.82, 2.24) is 9.62 Å². The van der Waals surface area contributed by atoms with Crippen molar-refractivity contribution < 1.29 is 18.0 Å². The average Bonchev–Trinajstić information content (AvgIpc) is 2.64. The first-order valence-corrected chi connectivity index (χ1v) is 9.91. The highest BCUT2D eigenvalue weighted by Gasteiger charge is 2.16. The minimum Gasteiger partial charge on any atom is -0.336 e. The third-order valence-electron chi connectivity index (χ3n) is 3.83. The van der Waals surface area contributed by atoms with Crippen molar-refractivity contribution in [3.8, 4) is 0 Å². The van der Waals surface area contributed by atoms with Crippen LogP contribution in [0, 0.1) is 6.92 Å². The van der Waals surface area contributed by atoms with E-state index in [4.69, 9.17) is 0 Å². The fourth-order valence-corrected chi connectivity index (χ4v) is 3.36. The molecule has 0 aromatic heterocycles. The molecule has 0 aliphatic rings. The monoisotopic (exact) mass is 389 g/mol. The molecule has 0 heterocycles. The first-order chi connectivity index (χ1) is 12.8. The second kappa shape index (κ2) is 9.29. The Morgan fingerprint density at radius 3 is 2.26 bits per heavy atom. The van der Waals surface area contributed by atoms with Gasteiger partial charge in [-0.15, -0.1) is 0 Å². The molecule has 0 bridgehead atoms. The van der Waals surface area contributed by atoms with Gasteiger partial charge >= 0.3 is 0 Å². The van der Waals surface area contributed by atoms with Gasteiger partial charge in [-0.3, -0.25) is 9.59 Å². The van der Waals surface area contributed by atoms with Crippen molar-refractivity contribution >= 4 is 27.5 Å². The van der Waals surface area contributed by atoms with Crippen LogP contribution in [0.4, 0.5) is 5.69 Å². The van der Waals surface area contributed by atoms with Gasteiger partial charge in [0, 0.05) is 25.7 Å². The molecule has 2 aromatic carbocycles. The summed E-state index contributed by atoms with van der Waals surface area (Å²) in [5.74, 6) is -0.649. The summed E-state index contributed by atoms with van der Waals surface area (Å²) in [4.78, 5) is 25.5. The van der Waals surface area contributed by atoms with Crippen molar-refractivity contribution in [3.05, 3.63) is 60.2 Å². The van der Waals surface area contributed by atoms with Gasteiger partial charge in [-0.1, -0.05) is 35.9 Å². The van der Waals surface area contributed by atoms with E-state index in [9.17, 15) is 18.0 Å². The largest absolute Gasteiger partial charge is 0.336 e. The molecule has 2 amide bonds. The quantitative estimate of drug-likeness (QED) is 0.719. The van der Waals surface area contributed by atoms with Crippen LogP contribution in [0.5, 0.6) is 0 Å². The van der Waals surface area contributed by atoms with Gasteiger partial charge in [-0.25, -0.2) is 13.1 Å². The van der Waals surface area contributed by atoms with Gasteiger partial charge in [0.15, 0.2) is 0 Å². The minimum atomic E-state index is -3.65. The lowest BCUT2D eigenvalue weighted by molar-refractivity contribution is -0.133. The molecule has 27 heavy (non-hydrogen) atoms. The first-order valence-electron chi connectivity index (χ1n) is 8.43. The molecule has 2 rings (SSSR count). The summed E-state index contributed by atoms with van der Waals surface area (Å²) in [6.45, 7) is 1.79. The van der Waals surface area contributed by atoms with Gasteiger partial charge in [0.25, 0.3) is 0 Å². The highest BCUT2D eigenvalue weighted by Crippen LogP contribution is 2.09. The van der Waals surface area contributed by atoms with Gasteiger partial charge in [0.2, 0.25) is 21.8 Å². The highest BCUT2D eigenvalue weighted by molar-refractivity contribution is 7.89. The lowest BCUT2D eigenvalue weighted by atomic mass is 10.2. The molecule has 2 N–H and O–H groups in total. The zero-order chi connectivity index (χ0) is 19.9. The topological polar surface area (TPSA) is 95.6 Å². The zero-order valence-corrected chi connectivity index (χ0v) is 16.1. The van der Waals surface area contributed by atoms with E-state index in [-0.39, 0.29) is 36.2 Å². The van der Waals surface area contributed by atoms with E-state index >= 15 is 0 Å². The van der Waals surface area contributed by atoms with Crippen LogP contribution in [0.2, 0.25) is 0 Å². The van der Waals surface area contributed by atoms with Gasteiger partial charge in [-0.05, 0) is 31.2 Å². The Labute approximate surface area is 159 Å². The number of hydrogen-bond donors (Lipinski definition) is 2. The average molecular weight is 389 g/mol. The number of likely N-dealkylation sites (N-methyl/N-ethyl adjacent to an activating group) is 1. The normalized spacial score (nSPS) is 11.0. The molecule has 0 aliphatic heterocycles. The highest BCUT2D eigenvalue weighted by atomic mass is 32.2. The molecule has 2 aromatic rings. The number of carbonyl (C=O) groups is 2. The van der Waals surface area contributed by atoms with Gasteiger partial charge in [-0.2, -0.15) is 0 Å². The Balaban J connectivity index is 1.78. The van der Waals surface area contributed by atoms with Crippen LogP contribution in [-0.4, -0.2) is 45.3 Å². The van der Waals surface area contributed by atoms with E-state index in [1.54, 1.807) is 30.3 Å². The number of nitrogens with one attached hydrogen (secondary N) is 2. The molecule has 0 atom stereocenters. The van der Waals surface area contributed by atoms with Crippen LogP contribution in [0.15, 0.2) is 59.5 Å². The van der Waals surface area contributed by atoms with Crippen molar-refractivity contribution in [1.29, 1.82) is 0 Å². The first kappa shape index (κ1) is 20.6. The van der Waals surface area contributed by atoms with Crippen LogP contribution in [-0.2, 0) is 19.6 Å². The number of nitrogens with zero attached hydrogens (tertiary/aromatic N) is 1. The summed E-state index contributed by atoms with van der Waals surface area (Å²) in [5, 5.41) is 2.71. The Bertz CT molecular complexity index is 881. The van der Waals surface area contributed by atoms with Gasteiger partial charge in [0.05, 0.1) is 11.4 Å². The zero-order valence-electron chi connectivity index (χ0n) is 15.3. The molecule has 144 valence electrons. The number of carbonyl (C=O) groups excluding carboxylic acids is 2. The molecule has 0 fully saturated rings. The van der Waals surface area contributed by atoms with Gasteiger partial charge < -0.3 is 10.2 Å². The molecule has 7 nitrogen and oxygen atoms in total. The molecule has 0 saturated carbocycles. The number of sulfonamides is 1. The molecule has 0 aliphatic carbocycles. The number of aryl methyl sites for hydroxylation is 1. The van der Waals surface area contributed by atoms with E-state index in [2.05, 4.69) is 10.0 Å². The maximum atomic E-state index is 12.1. The summed E-state index contributed by atoms with van der Waals surface area (Å²) in [7, 11) is -2.15. The maximum Gasteiger partial charge on any atom is 0.243 e. The lowest BCUT2D eigenvalue weighted by Crippen LogP contribution is -2.37. The second-order valence-corrected chi connectivity index (χ2v) is 7.89. The van der Waals surface area contributed by atoms with E-state index in [0.29, 0.717) is 5.69 Å². The number of anilines is 1. The lowest BCUT2D eigenvalue weighted by Gasteiger charge is -2.17. The predicted octanol–water partition coefficient (Wildman–Crippen LogP) is 1.76. The van der Waals surface area contributed by atoms with E-state index in [1.165, 1.54) is 24.1 Å². The minimum absolute atomic E-state index is 0.0413. The van der Waals surface area contributed by atoms with E-state index in [0.717, 1.165) is 5.56 Å². The van der Waals surface area contributed by atoms with Crippen LogP contribution in [0.1, 0.15) is 12.0 Å². The van der Waals surface area contributed by atoms with Crippen molar-refractivity contribution in [2.45, 2.75) is 18.2 Å². The summed E-state index contributed by atoms with van der Waals surface area (Å²) < 4.78 is 26.6. The molecule has 0 unspecified atom stereocenters. The fourth-order valence-electron chi connectivity index (χ4n) is 2.31. The SMILES string of the molecule is Cc1ccc(NC(=O)CN(C)C(=O)CCNS(=O)(=O)c2ccccc2)cc1. The summed E-state index contributed by atoms with van der Waals surface area (Å²) in [6.07, 6.45) is -0.0413. The number of benzene rings is 2. The summed E-state index contributed by atoms with van der Waals surface area (Å²) >= 11 is 0. The predicted molar refractivity (Wildman–Crippen MR) is 104 cm³/mol. The number of rotatable bonds is 8. The molecule has 8 heteroatoms. The third kappa shape index (κ3) is 6.50. The summed E-state index contributed by atoms with van der Waals surface area (Å²) in [5.41, 5.74) is 1.74. The Morgan fingerprint density at radius 1 is 1.00 bits per heavy atom. The molecule has 0 radical (unpaired) electrons. The van der Waals surface area contributed by atoms with E-state index in [1.807, 2.05) is 19.1 Å². The fraction of sp³-hybridized carbons (Fsp3) is 0.263. The van der Waals surface area contributed by atoms with E-state index < -0.39 is 10.0 Å². The second-order valence-electron chi connectivity index (χ2n) is 6.12. The Hall–Kier alpha value is -2.71. The smallest absolute Gasteiger partial charge is 0.243 e.